The van der Waals surface area contributed by atoms with Crippen molar-refractivity contribution in [2.24, 2.45) is 5.41 Å². The third-order valence-electron chi connectivity index (χ3n) is 9.24. The summed E-state index contributed by atoms with van der Waals surface area (Å²) in [5, 5.41) is 7.65. The summed E-state index contributed by atoms with van der Waals surface area (Å²) >= 11 is 0. The molecule has 1 aromatic heterocycles. The van der Waals surface area contributed by atoms with E-state index >= 15 is 0 Å². The number of nitrogens with one attached hydrogen (secondary N) is 3. The molecular formula is C29H44FN5O. The highest BCUT2D eigenvalue weighted by atomic mass is 19.1. The van der Waals surface area contributed by atoms with Crippen molar-refractivity contribution in [2.75, 3.05) is 39.8 Å². The van der Waals surface area contributed by atoms with Gasteiger partial charge in [0.15, 0.2) is 0 Å². The third-order valence-corrected chi connectivity index (χ3v) is 9.24. The molecule has 0 bridgehead atoms. The molecule has 0 radical (unpaired) electrons. The maximum Gasteiger partial charge on any atom is 0.268 e. The van der Waals surface area contributed by atoms with Crippen LogP contribution in [0.1, 0.15) is 80.3 Å². The highest BCUT2D eigenvalue weighted by Crippen LogP contribution is 2.44. The lowest BCUT2D eigenvalue weighted by Crippen LogP contribution is -2.69. The van der Waals surface area contributed by atoms with E-state index in [9.17, 15) is 9.18 Å². The van der Waals surface area contributed by atoms with Crippen LogP contribution in [-0.2, 0) is 0 Å². The van der Waals surface area contributed by atoms with Crippen molar-refractivity contribution < 1.29 is 9.18 Å². The number of carbonyl (C=O) groups excluding carboxylic acids is 1. The molecule has 6 nitrogen and oxygen atoms in total. The first-order valence-electron chi connectivity index (χ1n) is 14.2. The Hall–Kier alpha value is -1.96. The average Bonchev–Trinajstić information content (AvgIpc) is 3.35. The molecule has 1 aromatic carbocycles. The number of hydrogen-bond donors (Lipinski definition) is 3. The lowest BCUT2D eigenvalue weighted by Gasteiger charge is -2.55. The molecule has 2 aromatic rings. The van der Waals surface area contributed by atoms with Crippen molar-refractivity contribution >= 4 is 16.8 Å². The summed E-state index contributed by atoms with van der Waals surface area (Å²) in [6, 6.07) is 5.38. The molecule has 2 saturated heterocycles. The van der Waals surface area contributed by atoms with Gasteiger partial charge in [-0.15, -0.1) is 0 Å². The number of likely N-dealkylation sites (N-methyl/N-ethyl adjacent to an activating group) is 1. The van der Waals surface area contributed by atoms with Gasteiger partial charge in [0.1, 0.15) is 11.5 Å². The Balaban J connectivity index is 1.44. The average molecular weight is 498 g/mol. The Labute approximate surface area is 215 Å². The fourth-order valence-corrected chi connectivity index (χ4v) is 7.12. The number of rotatable bonds is 3. The van der Waals surface area contributed by atoms with Crippen molar-refractivity contribution in [2.45, 2.75) is 83.3 Å². The minimum atomic E-state index is -0.291. The number of aromatic nitrogens is 1. The van der Waals surface area contributed by atoms with E-state index in [-0.39, 0.29) is 23.3 Å². The second kappa shape index (κ2) is 11.2. The van der Waals surface area contributed by atoms with E-state index in [1.54, 1.807) is 12.1 Å². The van der Waals surface area contributed by atoms with Crippen molar-refractivity contribution in [3.05, 3.63) is 35.3 Å². The molecule has 7 heteroatoms. The number of H-pyrrole nitrogens is 1. The Morgan fingerprint density at radius 3 is 2.36 bits per heavy atom. The van der Waals surface area contributed by atoms with Gasteiger partial charge in [0.2, 0.25) is 0 Å². The standard InChI is InChI=1S/C29H44FN5O/c1-21-10-11-23(30)22-20-24(32-26(21)22)27(36)33-28-29(13-8-6-4-3-5-7-9-14-29)25(12-15-31-28)35-18-16-34(2)17-19-35/h10-11,20,25,28,31-32H,3-9,12-19H2,1-2H3,(H,33,36). The Kier molecular flexibility index (Phi) is 7.99. The van der Waals surface area contributed by atoms with Gasteiger partial charge in [-0.1, -0.05) is 51.0 Å². The van der Waals surface area contributed by atoms with E-state index in [2.05, 4.69) is 32.5 Å². The number of carbonyl (C=O) groups is 1. The summed E-state index contributed by atoms with van der Waals surface area (Å²) in [6.45, 7) is 7.27. The lowest BCUT2D eigenvalue weighted by atomic mass is 9.65. The topological polar surface area (TPSA) is 63.4 Å². The normalized spacial score (nSPS) is 26.8. The second-order valence-corrected chi connectivity index (χ2v) is 11.5. The zero-order chi connectivity index (χ0) is 25.1. The number of aryl methyl sites for hydroxylation is 1. The Morgan fingerprint density at radius 2 is 1.69 bits per heavy atom. The molecule has 2 unspecified atom stereocenters. The Bertz CT molecular complexity index is 995. The first-order valence-corrected chi connectivity index (χ1v) is 14.2. The van der Waals surface area contributed by atoms with Crippen molar-refractivity contribution in [1.29, 1.82) is 0 Å². The van der Waals surface area contributed by atoms with Crippen LogP contribution in [0.3, 0.4) is 0 Å². The molecule has 3 N–H and O–H groups in total. The largest absolute Gasteiger partial charge is 0.350 e. The molecule has 2 atom stereocenters. The number of hydrogen-bond acceptors (Lipinski definition) is 4. The van der Waals surface area contributed by atoms with Gasteiger partial charge in [-0.2, -0.15) is 0 Å². The van der Waals surface area contributed by atoms with Crippen molar-refractivity contribution in [1.82, 2.24) is 25.4 Å². The van der Waals surface area contributed by atoms with E-state index in [1.807, 2.05) is 6.92 Å². The van der Waals surface area contributed by atoms with E-state index in [0.29, 0.717) is 22.6 Å². The number of halogens is 1. The summed E-state index contributed by atoms with van der Waals surface area (Å²) in [6.07, 6.45) is 12.3. The number of fused-ring (bicyclic) bond motifs is 1. The fourth-order valence-electron chi connectivity index (χ4n) is 7.12. The molecule has 2 aliphatic heterocycles. The minimum Gasteiger partial charge on any atom is -0.350 e. The smallest absolute Gasteiger partial charge is 0.268 e. The molecule has 1 saturated carbocycles. The maximum atomic E-state index is 14.5. The molecule has 1 aliphatic carbocycles. The predicted molar refractivity (Wildman–Crippen MR) is 144 cm³/mol. The molecule has 1 amide bonds. The summed E-state index contributed by atoms with van der Waals surface area (Å²) in [7, 11) is 2.22. The quantitative estimate of drug-likeness (QED) is 0.571. The zero-order valence-corrected chi connectivity index (χ0v) is 22.2. The van der Waals surface area contributed by atoms with Gasteiger partial charge in [0.05, 0.1) is 11.7 Å². The highest BCUT2D eigenvalue weighted by molar-refractivity contribution is 5.99. The van der Waals surface area contributed by atoms with Crippen LogP contribution in [0.5, 0.6) is 0 Å². The Morgan fingerprint density at radius 1 is 1.03 bits per heavy atom. The predicted octanol–water partition coefficient (Wildman–Crippen LogP) is 4.79. The summed E-state index contributed by atoms with van der Waals surface area (Å²) in [4.78, 5) is 22.0. The van der Waals surface area contributed by atoms with Gasteiger partial charge in [0.25, 0.3) is 5.91 Å². The van der Waals surface area contributed by atoms with Crippen LogP contribution in [0.2, 0.25) is 0 Å². The first-order chi connectivity index (χ1) is 17.5. The van der Waals surface area contributed by atoms with Gasteiger partial charge in [-0.05, 0) is 57.5 Å². The number of aromatic amines is 1. The van der Waals surface area contributed by atoms with Gasteiger partial charge in [-0.3, -0.25) is 15.0 Å². The number of piperazine rings is 1. The summed E-state index contributed by atoms with van der Waals surface area (Å²) < 4.78 is 14.5. The second-order valence-electron chi connectivity index (χ2n) is 11.5. The van der Waals surface area contributed by atoms with Crippen LogP contribution in [0, 0.1) is 18.2 Å². The minimum absolute atomic E-state index is 0.00828. The number of amides is 1. The van der Waals surface area contributed by atoms with Crippen LogP contribution in [0.25, 0.3) is 10.9 Å². The molecule has 3 heterocycles. The van der Waals surface area contributed by atoms with Crippen LogP contribution < -0.4 is 10.6 Å². The van der Waals surface area contributed by atoms with Gasteiger partial charge >= 0.3 is 0 Å². The van der Waals surface area contributed by atoms with E-state index < -0.39 is 0 Å². The molecule has 198 valence electrons. The molecule has 3 fully saturated rings. The molecule has 5 rings (SSSR count). The number of nitrogens with zero attached hydrogens (tertiary/aromatic N) is 2. The van der Waals surface area contributed by atoms with Gasteiger partial charge in [0, 0.05) is 43.0 Å². The monoisotopic (exact) mass is 497 g/mol. The van der Waals surface area contributed by atoms with Gasteiger partial charge < -0.3 is 15.2 Å². The lowest BCUT2D eigenvalue weighted by molar-refractivity contribution is -0.0401. The number of benzene rings is 1. The van der Waals surface area contributed by atoms with Crippen molar-refractivity contribution in [3.63, 3.8) is 0 Å². The highest BCUT2D eigenvalue weighted by Gasteiger charge is 2.50. The fraction of sp³-hybridized carbons (Fsp3) is 0.690. The van der Waals surface area contributed by atoms with Crippen LogP contribution in [0.15, 0.2) is 18.2 Å². The van der Waals surface area contributed by atoms with E-state index in [1.165, 1.54) is 51.0 Å². The third kappa shape index (κ3) is 5.20. The molecular weight excluding hydrogens is 453 g/mol. The first kappa shape index (κ1) is 25.7. The van der Waals surface area contributed by atoms with Crippen molar-refractivity contribution in [3.8, 4) is 0 Å². The summed E-state index contributed by atoms with van der Waals surface area (Å²) in [5.41, 5.74) is 2.10. The summed E-state index contributed by atoms with van der Waals surface area (Å²) in [5.74, 6) is -0.432. The van der Waals surface area contributed by atoms with E-state index in [0.717, 1.165) is 57.5 Å². The molecule has 36 heavy (non-hydrogen) atoms. The molecule has 1 spiro atoms. The maximum absolute atomic E-state index is 14.5. The SMILES string of the molecule is Cc1ccc(F)c2cc(C(=O)NC3NCCC(N4CCN(C)CC4)C34CCCCCCCCC4)[nH]c12. The van der Waals surface area contributed by atoms with E-state index in [4.69, 9.17) is 0 Å². The number of piperidine rings is 1. The van der Waals surface area contributed by atoms with Crippen LogP contribution >= 0.6 is 0 Å². The van der Waals surface area contributed by atoms with Crippen LogP contribution in [0.4, 0.5) is 4.39 Å². The van der Waals surface area contributed by atoms with Crippen LogP contribution in [-0.4, -0.2) is 72.7 Å². The molecule has 3 aliphatic rings. The van der Waals surface area contributed by atoms with Gasteiger partial charge in [-0.25, -0.2) is 4.39 Å². The zero-order valence-electron chi connectivity index (χ0n) is 22.2.